The first-order valence-electron chi connectivity index (χ1n) is 4.99. The van der Waals surface area contributed by atoms with Crippen LogP contribution in [0.2, 0.25) is 0 Å². The minimum atomic E-state index is 0.321. The van der Waals surface area contributed by atoms with Crippen molar-refractivity contribution in [1.82, 2.24) is 0 Å². The summed E-state index contributed by atoms with van der Waals surface area (Å²) in [6.45, 7) is 6.51. The largest absolute Gasteiger partial charge is 0.487 e. The van der Waals surface area contributed by atoms with E-state index >= 15 is 0 Å². The first-order chi connectivity index (χ1) is 7.54. The molecule has 0 aliphatic heterocycles. The van der Waals surface area contributed by atoms with Gasteiger partial charge in [-0.3, -0.25) is 0 Å². The summed E-state index contributed by atoms with van der Waals surface area (Å²) in [6.07, 6.45) is 0.782. The summed E-state index contributed by atoms with van der Waals surface area (Å²) in [4.78, 5) is 0. The molecule has 0 aliphatic rings. The quantitative estimate of drug-likeness (QED) is 0.905. The Hall–Kier alpha value is -0.510. The van der Waals surface area contributed by atoms with Crippen LogP contribution in [0.25, 0.3) is 0 Å². The van der Waals surface area contributed by atoms with E-state index in [1.54, 1.807) is 0 Å². The number of hydrogen-bond donors (Lipinski definition) is 1. The first kappa shape index (κ1) is 13.6. The number of rotatable bonds is 5. The third kappa shape index (κ3) is 3.81. The van der Waals surface area contributed by atoms with Gasteiger partial charge in [0, 0.05) is 9.51 Å². The van der Waals surface area contributed by atoms with E-state index in [4.69, 9.17) is 22.1 Å². The summed E-state index contributed by atoms with van der Waals surface area (Å²) in [5.41, 5.74) is 7.73. The lowest BCUT2D eigenvalue weighted by molar-refractivity contribution is 0.353. The average Bonchev–Trinajstić information content (AvgIpc) is 2.16. The Balaban J connectivity index is 2.98. The van der Waals surface area contributed by atoms with Crippen LogP contribution in [0.3, 0.4) is 0 Å². The molecule has 0 amide bonds. The number of ether oxygens (including phenoxy) is 1. The second-order valence-corrected chi connectivity index (χ2v) is 5.01. The minimum Gasteiger partial charge on any atom is -0.487 e. The molecule has 2 N–H and O–H groups in total. The van der Waals surface area contributed by atoms with Crippen LogP contribution < -0.4 is 10.5 Å². The van der Waals surface area contributed by atoms with Gasteiger partial charge in [0.1, 0.15) is 12.4 Å². The van der Waals surface area contributed by atoms with E-state index < -0.39 is 0 Å². The Morgan fingerprint density at radius 3 is 2.81 bits per heavy atom. The van der Waals surface area contributed by atoms with Crippen molar-refractivity contribution in [3.63, 3.8) is 0 Å². The fraction of sp³-hybridized carbons (Fsp3) is 0.333. The van der Waals surface area contributed by atoms with Crippen LogP contribution in [0.4, 0.5) is 0 Å². The van der Waals surface area contributed by atoms with Gasteiger partial charge in [0.2, 0.25) is 0 Å². The topological polar surface area (TPSA) is 35.2 Å². The van der Waals surface area contributed by atoms with Crippen LogP contribution in [0.15, 0.2) is 28.2 Å². The SMILES string of the molecule is C=C(Cl)COc1c(C)cc(Br)cc1CCN. The molecule has 0 radical (unpaired) electrons. The van der Waals surface area contributed by atoms with Crippen molar-refractivity contribution in [2.45, 2.75) is 13.3 Å². The zero-order valence-corrected chi connectivity index (χ0v) is 11.6. The van der Waals surface area contributed by atoms with Gasteiger partial charge in [-0.15, -0.1) is 0 Å². The van der Waals surface area contributed by atoms with Gasteiger partial charge in [0.05, 0.1) is 0 Å². The summed E-state index contributed by atoms with van der Waals surface area (Å²) in [5.74, 6) is 0.857. The van der Waals surface area contributed by atoms with E-state index in [0.29, 0.717) is 18.2 Å². The summed E-state index contributed by atoms with van der Waals surface area (Å²) < 4.78 is 6.66. The molecule has 0 bridgehead atoms. The van der Waals surface area contributed by atoms with Gasteiger partial charge in [-0.05, 0) is 43.1 Å². The van der Waals surface area contributed by atoms with E-state index in [-0.39, 0.29) is 0 Å². The van der Waals surface area contributed by atoms with Gasteiger partial charge in [0.25, 0.3) is 0 Å². The maximum Gasteiger partial charge on any atom is 0.126 e. The molecule has 16 heavy (non-hydrogen) atoms. The van der Waals surface area contributed by atoms with Crippen molar-refractivity contribution >= 4 is 27.5 Å². The molecule has 0 spiro atoms. The maximum atomic E-state index is 5.69. The Labute approximate surface area is 110 Å². The Morgan fingerprint density at radius 2 is 2.25 bits per heavy atom. The van der Waals surface area contributed by atoms with Crippen LogP contribution in [0, 0.1) is 6.92 Å². The van der Waals surface area contributed by atoms with Gasteiger partial charge in [-0.2, -0.15) is 0 Å². The smallest absolute Gasteiger partial charge is 0.126 e. The molecule has 0 unspecified atom stereocenters. The van der Waals surface area contributed by atoms with E-state index in [2.05, 4.69) is 22.5 Å². The highest BCUT2D eigenvalue weighted by Gasteiger charge is 2.08. The fourth-order valence-corrected chi connectivity index (χ4v) is 2.17. The highest BCUT2D eigenvalue weighted by Crippen LogP contribution is 2.28. The lowest BCUT2D eigenvalue weighted by Gasteiger charge is -2.14. The molecule has 1 rings (SSSR count). The standard InChI is InChI=1S/C12H15BrClNO/c1-8-5-11(13)6-10(3-4-15)12(8)16-7-9(2)14/h5-6H,2-4,7,15H2,1H3. The maximum absolute atomic E-state index is 5.69. The van der Waals surface area contributed by atoms with E-state index in [1.807, 2.05) is 19.1 Å². The highest BCUT2D eigenvalue weighted by atomic mass is 79.9. The zero-order valence-electron chi connectivity index (χ0n) is 9.22. The van der Waals surface area contributed by atoms with Crippen LogP contribution in [-0.4, -0.2) is 13.2 Å². The van der Waals surface area contributed by atoms with Gasteiger partial charge in [0.15, 0.2) is 0 Å². The normalized spacial score (nSPS) is 10.2. The lowest BCUT2D eigenvalue weighted by atomic mass is 10.1. The van der Waals surface area contributed by atoms with Crippen LogP contribution in [0.1, 0.15) is 11.1 Å². The van der Waals surface area contributed by atoms with Crippen molar-refractivity contribution in [2.24, 2.45) is 5.73 Å². The van der Waals surface area contributed by atoms with E-state index in [9.17, 15) is 0 Å². The summed E-state index contributed by atoms with van der Waals surface area (Å²) >= 11 is 9.14. The molecule has 0 heterocycles. The molecule has 0 saturated carbocycles. The predicted molar refractivity (Wildman–Crippen MR) is 72.1 cm³/mol. The number of halogens is 2. The van der Waals surface area contributed by atoms with Gasteiger partial charge < -0.3 is 10.5 Å². The average molecular weight is 305 g/mol. The Kier molecular flexibility index (Phi) is 5.32. The lowest BCUT2D eigenvalue weighted by Crippen LogP contribution is -2.07. The molecule has 0 saturated heterocycles. The fourth-order valence-electron chi connectivity index (χ4n) is 1.50. The second kappa shape index (κ2) is 6.28. The summed E-state index contributed by atoms with van der Waals surface area (Å²) in [7, 11) is 0. The summed E-state index contributed by atoms with van der Waals surface area (Å²) in [6, 6.07) is 4.03. The number of benzene rings is 1. The molecule has 1 aromatic carbocycles. The number of nitrogens with two attached hydrogens (primary N) is 1. The molecule has 1 aromatic rings. The third-order valence-corrected chi connectivity index (χ3v) is 2.67. The van der Waals surface area contributed by atoms with Crippen molar-refractivity contribution in [2.75, 3.05) is 13.2 Å². The third-order valence-electron chi connectivity index (χ3n) is 2.10. The number of aryl methyl sites for hydroxylation is 1. The van der Waals surface area contributed by atoms with E-state index in [0.717, 1.165) is 27.8 Å². The highest BCUT2D eigenvalue weighted by molar-refractivity contribution is 9.10. The van der Waals surface area contributed by atoms with Gasteiger partial charge >= 0.3 is 0 Å². The van der Waals surface area contributed by atoms with Crippen LogP contribution in [-0.2, 0) is 6.42 Å². The molecule has 88 valence electrons. The van der Waals surface area contributed by atoms with Crippen LogP contribution >= 0.6 is 27.5 Å². The van der Waals surface area contributed by atoms with Crippen molar-refractivity contribution in [3.05, 3.63) is 39.3 Å². The molecule has 0 atom stereocenters. The molecular weight excluding hydrogens is 289 g/mol. The van der Waals surface area contributed by atoms with Crippen molar-refractivity contribution in [1.29, 1.82) is 0 Å². The zero-order chi connectivity index (χ0) is 12.1. The van der Waals surface area contributed by atoms with Gasteiger partial charge in [-0.25, -0.2) is 0 Å². The minimum absolute atomic E-state index is 0.321. The van der Waals surface area contributed by atoms with E-state index in [1.165, 1.54) is 0 Å². The molecule has 0 fully saturated rings. The Morgan fingerprint density at radius 1 is 1.56 bits per heavy atom. The first-order valence-corrected chi connectivity index (χ1v) is 6.17. The number of hydrogen-bond acceptors (Lipinski definition) is 2. The van der Waals surface area contributed by atoms with Gasteiger partial charge in [-0.1, -0.05) is 34.1 Å². The molecule has 4 heteroatoms. The molecule has 0 aromatic heterocycles. The molecule has 2 nitrogen and oxygen atoms in total. The molecule has 0 aliphatic carbocycles. The molecular formula is C12H15BrClNO. The Bertz CT molecular complexity index is 393. The summed E-state index contributed by atoms with van der Waals surface area (Å²) in [5, 5.41) is 0.487. The predicted octanol–water partition coefficient (Wildman–Crippen LogP) is 3.39. The second-order valence-electron chi connectivity index (χ2n) is 3.56. The van der Waals surface area contributed by atoms with Crippen LogP contribution in [0.5, 0.6) is 5.75 Å². The van der Waals surface area contributed by atoms with Crippen molar-refractivity contribution in [3.8, 4) is 5.75 Å². The van der Waals surface area contributed by atoms with Crippen molar-refractivity contribution < 1.29 is 4.74 Å². The monoisotopic (exact) mass is 303 g/mol.